The number of hydrogen-bond acceptors (Lipinski definition) is 4. The van der Waals surface area contributed by atoms with Gasteiger partial charge in [-0.2, -0.15) is 5.10 Å². The number of carbonyl (C=O) groups is 1. The maximum Gasteiger partial charge on any atom is 0.352 e. The number of phenolic OH excluding ortho intramolecular Hbond substituents is 1. The highest BCUT2D eigenvalue weighted by Crippen LogP contribution is 2.34. The number of rotatable bonds is 2. The molecular weight excluding hydrogens is 208 g/mol. The predicted octanol–water partition coefficient (Wildman–Crippen LogP) is 1.21. The molecule has 0 amide bonds. The lowest BCUT2D eigenvalue weighted by Gasteiger charge is -2.19. The maximum absolute atomic E-state index is 10.8. The van der Waals surface area contributed by atoms with Crippen molar-refractivity contribution in [3.05, 3.63) is 29.8 Å². The van der Waals surface area contributed by atoms with Crippen molar-refractivity contribution in [3.8, 4) is 5.75 Å². The summed E-state index contributed by atoms with van der Waals surface area (Å²) in [5.41, 5.74) is 0.820. The highest BCUT2D eigenvalue weighted by atomic mass is 16.4. The van der Waals surface area contributed by atoms with E-state index in [0.29, 0.717) is 12.0 Å². The smallest absolute Gasteiger partial charge is 0.352 e. The number of carboxylic acid groups (broad SMARTS) is 1. The molecule has 1 aromatic carbocycles. The minimum atomic E-state index is -1.01. The Morgan fingerprint density at radius 2 is 2.19 bits per heavy atom. The molecule has 0 bridgehead atoms. The van der Waals surface area contributed by atoms with E-state index in [1.165, 1.54) is 0 Å². The molecule has 2 N–H and O–H groups in total. The number of benzene rings is 1. The zero-order valence-corrected chi connectivity index (χ0v) is 8.79. The topological polar surface area (TPSA) is 73.1 Å². The van der Waals surface area contributed by atoms with Crippen LogP contribution in [0.4, 0.5) is 0 Å². The molecule has 0 spiro atoms. The van der Waals surface area contributed by atoms with Gasteiger partial charge in [0.2, 0.25) is 0 Å². The second-order valence-corrected chi connectivity index (χ2v) is 3.70. The van der Waals surface area contributed by atoms with Gasteiger partial charge in [-0.05, 0) is 6.07 Å². The van der Waals surface area contributed by atoms with Crippen LogP contribution in [0.15, 0.2) is 29.4 Å². The fourth-order valence-electron chi connectivity index (χ4n) is 1.83. The number of aromatic hydroxyl groups is 1. The van der Waals surface area contributed by atoms with Gasteiger partial charge in [0.15, 0.2) is 0 Å². The van der Waals surface area contributed by atoms with Gasteiger partial charge in [-0.1, -0.05) is 18.2 Å². The average molecular weight is 220 g/mol. The Morgan fingerprint density at radius 3 is 2.75 bits per heavy atom. The van der Waals surface area contributed by atoms with E-state index >= 15 is 0 Å². The molecule has 1 atom stereocenters. The Balaban J connectivity index is 2.27. The van der Waals surface area contributed by atoms with Crippen LogP contribution in [0.1, 0.15) is 18.0 Å². The van der Waals surface area contributed by atoms with Crippen LogP contribution in [0.2, 0.25) is 0 Å². The van der Waals surface area contributed by atoms with Crippen LogP contribution in [0.25, 0.3) is 0 Å². The van der Waals surface area contributed by atoms with E-state index in [9.17, 15) is 9.90 Å². The highest BCUT2D eigenvalue weighted by molar-refractivity contribution is 6.36. The van der Waals surface area contributed by atoms with Crippen molar-refractivity contribution in [2.45, 2.75) is 12.5 Å². The summed E-state index contributed by atoms with van der Waals surface area (Å²) >= 11 is 0. The average Bonchev–Trinajstić information content (AvgIpc) is 2.61. The second kappa shape index (κ2) is 3.84. The third-order valence-electron chi connectivity index (χ3n) is 2.66. The second-order valence-electron chi connectivity index (χ2n) is 3.70. The zero-order valence-electron chi connectivity index (χ0n) is 8.79. The molecule has 1 aliphatic heterocycles. The molecule has 84 valence electrons. The Hall–Kier alpha value is -2.04. The standard InChI is InChI=1S/C11H12N2O3/c1-13-9(6-8(12-13)11(15)16)7-4-2-3-5-10(7)14/h2-5,9,14H,6H2,1H3,(H,15,16). The zero-order chi connectivity index (χ0) is 11.7. The molecule has 1 aliphatic rings. The molecule has 16 heavy (non-hydrogen) atoms. The Morgan fingerprint density at radius 1 is 1.50 bits per heavy atom. The fraction of sp³-hybridized carbons (Fsp3) is 0.273. The Labute approximate surface area is 92.6 Å². The molecule has 5 nitrogen and oxygen atoms in total. The van der Waals surface area contributed by atoms with Crippen LogP contribution in [-0.2, 0) is 4.79 Å². The molecule has 0 fully saturated rings. The normalized spacial score (nSPS) is 19.7. The number of hydrogen-bond donors (Lipinski definition) is 2. The summed E-state index contributed by atoms with van der Waals surface area (Å²) in [6.07, 6.45) is 0.309. The molecule has 1 heterocycles. The monoisotopic (exact) mass is 220 g/mol. The molecule has 1 aromatic rings. The first-order valence-corrected chi connectivity index (χ1v) is 4.91. The van der Waals surface area contributed by atoms with E-state index in [-0.39, 0.29) is 17.5 Å². The van der Waals surface area contributed by atoms with Gasteiger partial charge < -0.3 is 10.2 Å². The lowest BCUT2D eigenvalue weighted by molar-refractivity contribution is -0.129. The molecule has 1 unspecified atom stereocenters. The Kier molecular flexibility index (Phi) is 2.52. The molecule has 0 saturated carbocycles. The van der Waals surface area contributed by atoms with E-state index in [0.717, 1.165) is 0 Å². The van der Waals surface area contributed by atoms with E-state index in [1.54, 1.807) is 30.3 Å². The van der Waals surface area contributed by atoms with E-state index in [2.05, 4.69) is 5.10 Å². The van der Waals surface area contributed by atoms with Gasteiger partial charge in [0.1, 0.15) is 11.5 Å². The summed E-state index contributed by atoms with van der Waals surface area (Å²) in [6, 6.07) is 6.69. The van der Waals surface area contributed by atoms with Gasteiger partial charge >= 0.3 is 5.97 Å². The minimum absolute atomic E-state index is 0.121. The van der Waals surface area contributed by atoms with Crippen LogP contribution < -0.4 is 0 Å². The van der Waals surface area contributed by atoms with Crippen LogP contribution in [0, 0.1) is 0 Å². The Bertz CT molecular complexity index is 456. The van der Waals surface area contributed by atoms with Gasteiger partial charge in [0.05, 0.1) is 6.04 Å². The van der Waals surface area contributed by atoms with Crippen molar-refractivity contribution >= 4 is 11.7 Å². The molecule has 0 radical (unpaired) electrons. The van der Waals surface area contributed by atoms with E-state index in [1.807, 2.05) is 6.07 Å². The lowest BCUT2D eigenvalue weighted by atomic mass is 10.0. The van der Waals surface area contributed by atoms with Crippen molar-refractivity contribution in [1.82, 2.24) is 5.01 Å². The van der Waals surface area contributed by atoms with Crippen LogP contribution in [0.5, 0.6) is 5.75 Å². The maximum atomic E-state index is 10.8. The SMILES string of the molecule is CN1N=C(C(=O)O)CC1c1ccccc1O. The van der Waals surface area contributed by atoms with Crippen molar-refractivity contribution in [2.75, 3.05) is 7.05 Å². The lowest BCUT2D eigenvalue weighted by Crippen LogP contribution is -2.14. The van der Waals surface area contributed by atoms with Crippen molar-refractivity contribution in [1.29, 1.82) is 0 Å². The van der Waals surface area contributed by atoms with Crippen LogP contribution >= 0.6 is 0 Å². The number of aliphatic carboxylic acids is 1. The summed E-state index contributed by atoms with van der Waals surface area (Å²) in [7, 11) is 1.70. The largest absolute Gasteiger partial charge is 0.508 e. The number of para-hydroxylation sites is 1. The quantitative estimate of drug-likeness (QED) is 0.785. The molecule has 0 aromatic heterocycles. The third-order valence-corrected chi connectivity index (χ3v) is 2.66. The highest BCUT2D eigenvalue weighted by Gasteiger charge is 2.30. The molecule has 2 rings (SSSR count). The first-order valence-electron chi connectivity index (χ1n) is 4.91. The van der Waals surface area contributed by atoms with Crippen LogP contribution in [-0.4, -0.2) is 34.0 Å². The molecular formula is C11H12N2O3. The summed E-state index contributed by atoms with van der Waals surface area (Å²) in [5.74, 6) is -0.842. The van der Waals surface area contributed by atoms with Gasteiger partial charge in [-0.25, -0.2) is 4.79 Å². The summed E-state index contributed by atoms with van der Waals surface area (Å²) in [5, 5.41) is 24.0. The number of phenols is 1. The first kappa shape index (κ1) is 10.5. The third kappa shape index (κ3) is 1.71. The fourth-order valence-corrected chi connectivity index (χ4v) is 1.83. The number of nitrogens with zero attached hydrogens (tertiary/aromatic N) is 2. The van der Waals surface area contributed by atoms with Crippen molar-refractivity contribution in [3.63, 3.8) is 0 Å². The minimum Gasteiger partial charge on any atom is -0.508 e. The van der Waals surface area contributed by atoms with Gasteiger partial charge in [-0.15, -0.1) is 0 Å². The molecule has 0 aliphatic carbocycles. The van der Waals surface area contributed by atoms with Crippen molar-refractivity contribution < 1.29 is 15.0 Å². The molecule has 0 saturated heterocycles. The molecule has 5 heteroatoms. The summed E-state index contributed by atoms with van der Waals surface area (Å²) in [6.45, 7) is 0. The summed E-state index contributed by atoms with van der Waals surface area (Å²) < 4.78 is 0. The van der Waals surface area contributed by atoms with E-state index < -0.39 is 5.97 Å². The van der Waals surface area contributed by atoms with Crippen LogP contribution in [0.3, 0.4) is 0 Å². The van der Waals surface area contributed by atoms with Crippen molar-refractivity contribution in [2.24, 2.45) is 5.10 Å². The number of carboxylic acids is 1. The van der Waals surface area contributed by atoms with E-state index in [4.69, 9.17) is 5.11 Å². The first-order chi connectivity index (χ1) is 7.59. The van der Waals surface area contributed by atoms with Gasteiger partial charge in [0, 0.05) is 19.0 Å². The summed E-state index contributed by atoms with van der Waals surface area (Å²) in [4.78, 5) is 10.8. The van der Waals surface area contributed by atoms with Gasteiger partial charge in [-0.3, -0.25) is 5.01 Å². The number of hydrazone groups is 1. The predicted molar refractivity (Wildman–Crippen MR) is 58.3 cm³/mol. The van der Waals surface area contributed by atoms with Gasteiger partial charge in [0.25, 0.3) is 0 Å².